The van der Waals surface area contributed by atoms with Gasteiger partial charge in [-0.15, -0.1) is 0 Å². The standard InChI is InChI=1S/C25H23Cl2NO4/c1-2-13-32-19-6-3-5-18(15-19)17-11-9-16(10-12-17)14-22(25(30)31)28-24(29)23-20(26)7-4-8-21(23)27/h3-12,15,22H,2,13-14H2,1H3,(H,28,29)(H,30,31)/t22-/m0/s1. The van der Waals surface area contributed by atoms with Gasteiger partial charge in [-0.25, -0.2) is 4.79 Å². The topological polar surface area (TPSA) is 75.6 Å². The summed E-state index contributed by atoms with van der Waals surface area (Å²) in [5.41, 5.74) is 2.81. The molecule has 0 aliphatic heterocycles. The molecule has 3 aromatic carbocycles. The van der Waals surface area contributed by atoms with Crippen LogP contribution < -0.4 is 10.1 Å². The highest BCUT2D eigenvalue weighted by Crippen LogP contribution is 2.26. The monoisotopic (exact) mass is 471 g/mol. The van der Waals surface area contributed by atoms with Gasteiger partial charge in [0.1, 0.15) is 11.8 Å². The number of carbonyl (C=O) groups is 2. The van der Waals surface area contributed by atoms with Gasteiger partial charge in [-0.1, -0.05) is 72.6 Å². The molecule has 5 nitrogen and oxygen atoms in total. The zero-order chi connectivity index (χ0) is 23.1. The minimum Gasteiger partial charge on any atom is -0.494 e. The molecule has 2 N–H and O–H groups in total. The van der Waals surface area contributed by atoms with Crippen LogP contribution in [0.5, 0.6) is 5.75 Å². The third kappa shape index (κ3) is 6.02. The molecule has 0 unspecified atom stereocenters. The van der Waals surface area contributed by atoms with E-state index in [2.05, 4.69) is 12.2 Å². The summed E-state index contributed by atoms with van der Waals surface area (Å²) in [5.74, 6) is -0.972. The lowest BCUT2D eigenvalue weighted by molar-refractivity contribution is -0.139. The van der Waals surface area contributed by atoms with Gasteiger partial charge in [0.05, 0.1) is 22.2 Å². The van der Waals surface area contributed by atoms with Crippen LogP contribution in [0.25, 0.3) is 11.1 Å². The Kier molecular flexibility index (Phi) is 8.14. The minimum atomic E-state index is -1.15. The van der Waals surface area contributed by atoms with Crippen LogP contribution in [0.4, 0.5) is 0 Å². The highest BCUT2D eigenvalue weighted by molar-refractivity contribution is 6.39. The van der Waals surface area contributed by atoms with Crippen LogP contribution in [0, 0.1) is 0 Å². The number of amides is 1. The zero-order valence-electron chi connectivity index (χ0n) is 17.5. The van der Waals surface area contributed by atoms with Crippen molar-refractivity contribution in [1.82, 2.24) is 5.32 Å². The first kappa shape index (κ1) is 23.6. The molecule has 3 aromatic rings. The zero-order valence-corrected chi connectivity index (χ0v) is 19.0. The van der Waals surface area contributed by atoms with E-state index in [1.54, 1.807) is 6.07 Å². The van der Waals surface area contributed by atoms with Crippen molar-refractivity contribution in [3.63, 3.8) is 0 Å². The Hall–Kier alpha value is -3.02. The number of nitrogens with one attached hydrogen (secondary N) is 1. The van der Waals surface area contributed by atoms with E-state index in [0.717, 1.165) is 28.9 Å². The number of carboxylic acid groups (broad SMARTS) is 1. The molecule has 32 heavy (non-hydrogen) atoms. The SMILES string of the molecule is CCCOc1cccc(-c2ccc(C[C@H](NC(=O)c3c(Cl)cccc3Cl)C(=O)O)cc2)c1. The second-order valence-electron chi connectivity index (χ2n) is 7.24. The second-order valence-corrected chi connectivity index (χ2v) is 8.05. The summed E-state index contributed by atoms with van der Waals surface area (Å²) in [7, 11) is 0. The van der Waals surface area contributed by atoms with E-state index < -0.39 is 17.9 Å². The van der Waals surface area contributed by atoms with Crippen LogP contribution in [0.1, 0.15) is 29.3 Å². The first-order chi connectivity index (χ1) is 15.4. The van der Waals surface area contributed by atoms with E-state index in [0.29, 0.717) is 6.61 Å². The quantitative estimate of drug-likeness (QED) is 0.408. The van der Waals surface area contributed by atoms with Crippen LogP contribution >= 0.6 is 23.2 Å². The maximum absolute atomic E-state index is 12.6. The Morgan fingerprint density at radius 3 is 2.25 bits per heavy atom. The van der Waals surface area contributed by atoms with Crippen LogP contribution in [-0.4, -0.2) is 29.6 Å². The van der Waals surface area contributed by atoms with Crippen molar-refractivity contribution in [1.29, 1.82) is 0 Å². The molecule has 0 saturated carbocycles. The number of halogens is 2. The van der Waals surface area contributed by atoms with Crippen LogP contribution in [0.3, 0.4) is 0 Å². The summed E-state index contributed by atoms with van der Waals surface area (Å²) in [6.45, 7) is 2.71. The van der Waals surface area contributed by atoms with Crippen LogP contribution in [0.15, 0.2) is 66.7 Å². The molecule has 0 aliphatic rings. The molecule has 7 heteroatoms. The average Bonchev–Trinajstić information content (AvgIpc) is 2.77. The van der Waals surface area contributed by atoms with E-state index in [1.165, 1.54) is 12.1 Å². The summed E-state index contributed by atoms with van der Waals surface area (Å²) in [5, 5.41) is 12.4. The van der Waals surface area contributed by atoms with Crippen LogP contribution in [0.2, 0.25) is 10.0 Å². The van der Waals surface area contributed by atoms with E-state index in [-0.39, 0.29) is 22.0 Å². The number of hydrogen-bond acceptors (Lipinski definition) is 3. The summed E-state index contributed by atoms with van der Waals surface area (Å²) < 4.78 is 5.69. The lowest BCUT2D eigenvalue weighted by Crippen LogP contribution is -2.42. The third-order valence-corrected chi connectivity index (χ3v) is 5.46. The fourth-order valence-electron chi connectivity index (χ4n) is 3.20. The Morgan fingerprint density at radius 2 is 1.62 bits per heavy atom. The molecular weight excluding hydrogens is 449 g/mol. The molecule has 0 fully saturated rings. The smallest absolute Gasteiger partial charge is 0.326 e. The van der Waals surface area contributed by atoms with Crippen molar-refractivity contribution in [3.8, 4) is 16.9 Å². The van der Waals surface area contributed by atoms with Gasteiger partial charge < -0.3 is 15.2 Å². The van der Waals surface area contributed by atoms with Gasteiger partial charge in [0.2, 0.25) is 0 Å². The number of aliphatic carboxylic acids is 1. The molecular formula is C25H23Cl2NO4. The number of carbonyl (C=O) groups excluding carboxylic acids is 1. The van der Waals surface area contributed by atoms with Gasteiger partial charge in [-0.2, -0.15) is 0 Å². The fraction of sp³-hybridized carbons (Fsp3) is 0.200. The second kappa shape index (κ2) is 11.0. The maximum atomic E-state index is 12.6. The highest BCUT2D eigenvalue weighted by Gasteiger charge is 2.23. The molecule has 166 valence electrons. The number of hydrogen-bond donors (Lipinski definition) is 2. The van der Waals surface area contributed by atoms with Gasteiger partial charge in [-0.05, 0) is 47.4 Å². The number of benzene rings is 3. The third-order valence-electron chi connectivity index (χ3n) is 4.83. The van der Waals surface area contributed by atoms with Gasteiger partial charge in [0.15, 0.2) is 0 Å². The van der Waals surface area contributed by atoms with Gasteiger partial charge in [0.25, 0.3) is 5.91 Å². The maximum Gasteiger partial charge on any atom is 0.326 e. The Bertz CT molecular complexity index is 1080. The molecule has 0 saturated heterocycles. The molecule has 0 heterocycles. The molecule has 0 spiro atoms. The molecule has 0 aliphatic carbocycles. The summed E-state index contributed by atoms with van der Waals surface area (Å²) in [4.78, 5) is 24.3. The highest BCUT2D eigenvalue weighted by atomic mass is 35.5. The first-order valence-electron chi connectivity index (χ1n) is 10.2. The Labute approximate surface area is 196 Å². The van der Waals surface area contributed by atoms with E-state index in [1.807, 2.05) is 48.5 Å². The summed E-state index contributed by atoms with van der Waals surface area (Å²) in [6.07, 6.45) is 1.05. The summed E-state index contributed by atoms with van der Waals surface area (Å²) in [6, 6.07) is 18.9. The van der Waals surface area contributed by atoms with E-state index in [9.17, 15) is 14.7 Å². The van der Waals surface area contributed by atoms with Crippen molar-refractivity contribution in [2.24, 2.45) is 0 Å². The fourth-order valence-corrected chi connectivity index (χ4v) is 3.77. The molecule has 1 amide bonds. The van der Waals surface area contributed by atoms with Crippen molar-refractivity contribution >= 4 is 35.1 Å². The number of ether oxygens (including phenoxy) is 1. The predicted molar refractivity (Wildman–Crippen MR) is 127 cm³/mol. The molecule has 1 atom stereocenters. The largest absolute Gasteiger partial charge is 0.494 e. The van der Waals surface area contributed by atoms with Crippen molar-refractivity contribution in [2.45, 2.75) is 25.8 Å². The Balaban J connectivity index is 1.72. The van der Waals surface area contributed by atoms with Gasteiger partial charge >= 0.3 is 5.97 Å². The Morgan fingerprint density at radius 1 is 0.969 bits per heavy atom. The van der Waals surface area contributed by atoms with Gasteiger partial charge in [-0.3, -0.25) is 4.79 Å². The predicted octanol–water partition coefficient (Wildman–Crippen LogP) is 5.87. The lowest BCUT2D eigenvalue weighted by atomic mass is 10.00. The lowest BCUT2D eigenvalue weighted by Gasteiger charge is -2.16. The van der Waals surface area contributed by atoms with E-state index in [4.69, 9.17) is 27.9 Å². The van der Waals surface area contributed by atoms with Crippen molar-refractivity contribution in [3.05, 3.63) is 87.9 Å². The molecule has 0 aromatic heterocycles. The number of carboxylic acids is 1. The van der Waals surface area contributed by atoms with E-state index >= 15 is 0 Å². The first-order valence-corrected chi connectivity index (χ1v) is 10.9. The van der Waals surface area contributed by atoms with Crippen molar-refractivity contribution < 1.29 is 19.4 Å². The van der Waals surface area contributed by atoms with Gasteiger partial charge in [0, 0.05) is 6.42 Å². The minimum absolute atomic E-state index is 0.0580. The normalized spacial score (nSPS) is 11.6. The average molecular weight is 472 g/mol. The molecule has 0 bridgehead atoms. The molecule has 3 rings (SSSR count). The van der Waals surface area contributed by atoms with Crippen LogP contribution in [-0.2, 0) is 11.2 Å². The number of rotatable bonds is 9. The molecule has 0 radical (unpaired) electrons. The summed E-state index contributed by atoms with van der Waals surface area (Å²) >= 11 is 12.1. The van der Waals surface area contributed by atoms with Crippen molar-refractivity contribution in [2.75, 3.05) is 6.61 Å².